The fourth-order valence-electron chi connectivity index (χ4n) is 1.51. The number of carbonyl (C=O) groups is 1. The van der Waals surface area contributed by atoms with Gasteiger partial charge in [0.15, 0.2) is 0 Å². The van der Waals surface area contributed by atoms with Gasteiger partial charge in [-0.1, -0.05) is 6.92 Å². The van der Waals surface area contributed by atoms with Crippen molar-refractivity contribution >= 4 is 17.3 Å². The van der Waals surface area contributed by atoms with Gasteiger partial charge in [0.2, 0.25) is 0 Å². The maximum Gasteiger partial charge on any atom is 0.309 e. The average Bonchev–Trinajstić information content (AvgIpc) is 2.72. The third-order valence-corrected chi connectivity index (χ3v) is 3.79. The second-order valence-electron chi connectivity index (χ2n) is 4.23. The third kappa shape index (κ3) is 4.48. The smallest absolute Gasteiger partial charge is 0.309 e. The molecular formula is C13H21NO2S. The molecule has 0 aromatic carbocycles. The number of aryl methyl sites for hydroxylation is 1. The molecule has 3 nitrogen and oxygen atoms in total. The van der Waals surface area contributed by atoms with Crippen molar-refractivity contribution in [3.63, 3.8) is 0 Å². The number of hydrogen-bond donors (Lipinski definition) is 1. The van der Waals surface area contributed by atoms with Gasteiger partial charge in [0.1, 0.15) is 0 Å². The molecule has 1 heterocycles. The molecule has 0 spiro atoms. The zero-order valence-electron chi connectivity index (χ0n) is 10.9. The number of esters is 1. The molecule has 0 bridgehead atoms. The fourth-order valence-corrected chi connectivity index (χ4v) is 2.41. The van der Waals surface area contributed by atoms with Crippen LogP contribution in [0.25, 0.3) is 0 Å². The van der Waals surface area contributed by atoms with Crippen molar-refractivity contribution < 1.29 is 9.53 Å². The molecule has 96 valence electrons. The van der Waals surface area contributed by atoms with E-state index in [4.69, 9.17) is 4.74 Å². The highest BCUT2D eigenvalue weighted by atomic mass is 32.1. The van der Waals surface area contributed by atoms with Crippen LogP contribution in [0, 0.1) is 12.8 Å². The standard InChI is InChI=1S/C13H21NO2S/c1-5-16-13(15)9(2)8-14-11(4)12-7-6-10(3)17-12/h6-7,9,11,14H,5,8H2,1-4H3. The second kappa shape index (κ2) is 6.77. The van der Waals surface area contributed by atoms with Crippen LogP contribution in [0.3, 0.4) is 0 Å². The van der Waals surface area contributed by atoms with Crippen molar-refractivity contribution in [1.29, 1.82) is 0 Å². The van der Waals surface area contributed by atoms with Gasteiger partial charge in [-0.05, 0) is 32.9 Å². The Morgan fingerprint density at radius 1 is 1.47 bits per heavy atom. The first-order valence-corrected chi connectivity index (χ1v) is 6.82. The summed E-state index contributed by atoms with van der Waals surface area (Å²) in [7, 11) is 0. The van der Waals surface area contributed by atoms with Crippen LogP contribution >= 0.6 is 11.3 Å². The van der Waals surface area contributed by atoms with E-state index >= 15 is 0 Å². The average molecular weight is 255 g/mol. The van der Waals surface area contributed by atoms with Crippen LogP contribution in [-0.2, 0) is 9.53 Å². The van der Waals surface area contributed by atoms with Gasteiger partial charge in [0, 0.05) is 22.3 Å². The van der Waals surface area contributed by atoms with E-state index in [1.54, 1.807) is 11.3 Å². The fraction of sp³-hybridized carbons (Fsp3) is 0.615. The van der Waals surface area contributed by atoms with E-state index in [-0.39, 0.29) is 17.9 Å². The van der Waals surface area contributed by atoms with Crippen molar-refractivity contribution in [2.24, 2.45) is 5.92 Å². The Balaban J connectivity index is 2.37. The summed E-state index contributed by atoms with van der Waals surface area (Å²) in [6.45, 7) is 9.03. The summed E-state index contributed by atoms with van der Waals surface area (Å²) < 4.78 is 4.97. The summed E-state index contributed by atoms with van der Waals surface area (Å²) in [5.74, 6) is -0.229. The molecular weight excluding hydrogens is 234 g/mol. The van der Waals surface area contributed by atoms with Gasteiger partial charge in [0.05, 0.1) is 12.5 Å². The summed E-state index contributed by atoms with van der Waals surface area (Å²) in [5, 5.41) is 3.36. The predicted octanol–water partition coefficient (Wildman–Crippen LogP) is 2.91. The van der Waals surface area contributed by atoms with Crippen LogP contribution in [0.1, 0.15) is 36.6 Å². The zero-order chi connectivity index (χ0) is 12.8. The maximum absolute atomic E-state index is 11.4. The largest absolute Gasteiger partial charge is 0.466 e. The quantitative estimate of drug-likeness (QED) is 0.794. The summed E-state index contributed by atoms with van der Waals surface area (Å²) in [4.78, 5) is 14.1. The number of carbonyl (C=O) groups excluding carboxylic acids is 1. The Hall–Kier alpha value is -0.870. The Labute approximate surface area is 107 Å². The Morgan fingerprint density at radius 2 is 2.18 bits per heavy atom. The highest BCUT2D eigenvalue weighted by Gasteiger charge is 2.15. The highest BCUT2D eigenvalue weighted by Crippen LogP contribution is 2.22. The van der Waals surface area contributed by atoms with E-state index in [0.717, 1.165) is 0 Å². The Kier molecular flexibility index (Phi) is 5.65. The van der Waals surface area contributed by atoms with Gasteiger partial charge in [-0.25, -0.2) is 0 Å². The van der Waals surface area contributed by atoms with Gasteiger partial charge < -0.3 is 10.1 Å². The minimum absolute atomic E-state index is 0.0986. The molecule has 0 aliphatic carbocycles. The van der Waals surface area contributed by atoms with Crippen LogP contribution in [0.2, 0.25) is 0 Å². The molecule has 0 saturated heterocycles. The molecule has 4 heteroatoms. The lowest BCUT2D eigenvalue weighted by atomic mass is 10.1. The summed E-state index contributed by atoms with van der Waals surface area (Å²) in [5.41, 5.74) is 0. The maximum atomic E-state index is 11.4. The lowest BCUT2D eigenvalue weighted by Crippen LogP contribution is -2.29. The van der Waals surface area contributed by atoms with Crippen molar-refractivity contribution in [1.82, 2.24) is 5.32 Å². The molecule has 0 saturated carbocycles. The monoisotopic (exact) mass is 255 g/mol. The number of hydrogen-bond acceptors (Lipinski definition) is 4. The van der Waals surface area contributed by atoms with Crippen molar-refractivity contribution in [2.75, 3.05) is 13.2 Å². The molecule has 0 aliphatic rings. The lowest BCUT2D eigenvalue weighted by molar-refractivity contribution is -0.147. The molecule has 17 heavy (non-hydrogen) atoms. The third-order valence-electron chi connectivity index (χ3n) is 2.61. The molecule has 1 aromatic rings. The number of nitrogens with one attached hydrogen (secondary N) is 1. The zero-order valence-corrected chi connectivity index (χ0v) is 11.8. The minimum atomic E-state index is -0.130. The lowest BCUT2D eigenvalue weighted by Gasteiger charge is -2.15. The SMILES string of the molecule is CCOC(=O)C(C)CNC(C)c1ccc(C)s1. The van der Waals surface area contributed by atoms with Gasteiger partial charge >= 0.3 is 5.97 Å². The van der Waals surface area contributed by atoms with E-state index in [9.17, 15) is 4.79 Å². The molecule has 0 radical (unpaired) electrons. The van der Waals surface area contributed by atoms with Crippen molar-refractivity contribution in [2.45, 2.75) is 33.7 Å². The molecule has 1 aromatic heterocycles. The molecule has 0 fully saturated rings. The van der Waals surface area contributed by atoms with Gasteiger partial charge in [-0.3, -0.25) is 4.79 Å². The van der Waals surface area contributed by atoms with E-state index in [1.165, 1.54) is 9.75 Å². The minimum Gasteiger partial charge on any atom is -0.466 e. The first kappa shape index (κ1) is 14.2. The van der Waals surface area contributed by atoms with Gasteiger partial charge in [-0.15, -0.1) is 11.3 Å². The van der Waals surface area contributed by atoms with Crippen LogP contribution in [0.5, 0.6) is 0 Å². The molecule has 1 rings (SSSR count). The first-order valence-electron chi connectivity index (χ1n) is 6.01. The molecule has 0 aliphatic heterocycles. The highest BCUT2D eigenvalue weighted by molar-refractivity contribution is 7.12. The second-order valence-corrected chi connectivity index (χ2v) is 5.55. The Bertz CT molecular complexity index is 362. The van der Waals surface area contributed by atoms with E-state index < -0.39 is 0 Å². The molecule has 0 amide bonds. The summed E-state index contributed by atoms with van der Waals surface area (Å²) in [6, 6.07) is 4.53. The van der Waals surface area contributed by atoms with Crippen molar-refractivity contribution in [3.05, 3.63) is 21.9 Å². The first-order chi connectivity index (χ1) is 8.04. The van der Waals surface area contributed by atoms with Crippen LogP contribution < -0.4 is 5.32 Å². The van der Waals surface area contributed by atoms with Crippen LogP contribution in [-0.4, -0.2) is 19.1 Å². The van der Waals surface area contributed by atoms with Crippen LogP contribution in [0.4, 0.5) is 0 Å². The molecule has 2 atom stereocenters. The van der Waals surface area contributed by atoms with Gasteiger partial charge in [0.25, 0.3) is 0 Å². The molecule has 2 unspecified atom stereocenters. The van der Waals surface area contributed by atoms with Crippen molar-refractivity contribution in [3.8, 4) is 0 Å². The normalized spacial score (nSPS) is 14.4. The van der Waals surface area contributed by atoms with E-state index in [0.29, 0.717) is 13.2 Å². The number of ether oxygens (including phenoxy) is 1. The van der Waals surface area contributed by atoms with E-state index in [2.05, 4.69) is 31.3 Å². The Morgan fingerprint density at radius 3 is 2.71 bits per heavy atom. The van der Waals surface area contributed by atoms with E-state index in [1.807, 2.05) is 13.8 Å². The number of thiophene rings is 1. The molecule has 1 N–H and O–H groups in total. The number of rotatable bonds is 6. The van der Waals surface area contributed by atoms with Gasteiger partial charge in [-0.2, -0.15) is 0 Å². The summed E-state index contributed by atoms with van der Waals surface area (Å²) >= 11 is 1.79. The summed E-state index contributed by atoms with van der Waals surface area (Å²) in [6.07, 6.45) is 0. The van der Waals surface area contributed by atoms with Crippen LogP contribution in [0.15, 0.2) is 12.1 Å². The predicted molar refractivity (Wildman–Crippen MR) is 71.3 cm³/mol. The topological polar surface area (TPSA) is 38.3 Å².